The number of nitrogens with zero attached hydrogens (tertiary/aromatic N) is 2. The highest BCUT2D eigenvalue weighted by Gasteiger charge is 2.09. The van der Waals surface area contributed by atoms with Crippen LogP contribution < -0.4 is 0 Å². The van der Waals surface area contributed by atoms with Gasteiger partial charge in [-0.3, -0.25) is 15.2 Å². The maximum atomic E-state index is 10.0. The molecule has 0 unspecified atom stereocenters. The molecule has 5 heteroatoms. The van der Waals surface area contributed by atoms with Crippen molar-refractivity contribution in [2.24, 2.45) is 0 Å². The van der Waals surface area contributed by atoms with Crippen molar-refractivity contribution in [1.82, 2.24) is 10.2 Å². The minimum Gasteiger partial charge on any atom is -0.276 e. The molecule has 0 fully saturated rings. The number of rotatable bonds is 1. The lowest BCUT2D eigenvalue weighted by Crippen LogP contribution is -1.86. The van der Waals surface area contributed by atoms with Crippen molar-refractivity contribution in [2.75, 3.05) is 0 Å². The van der Waals surface area contributed by atoms with E-state index in [-0.39, 0.29) is 5.69 Å². The van der Waals surface area contributed by atoms with E-state index in [4.69, 9.17) is 0 Å². The first-order chi connectivity index (χ1) is 5.22. The lowest BCUT2D eigenvalue weighted by Gasteiger charge is -1.82. The van der Waals surface area contributed by atoms with Crippen LogP contribution in [0.2, 0.25) is 0 Å². The smallest absolute Gasteiger partial charge is 0.276 e. The topological polar surface area (TPSA) is 71.8 Å². The van der Waals surface area contributed by atoms with Gasteiger partial charge in [0.2, 0.25) is 0 Å². The van der Waals surface area contributed by atoms with Gasteiger partial charge in [0.25, 0.3) is 0 Å². The number of nitrogens with one attached hydrogen (secondary N) is 1. The zero-order chi connectivity index (χ0) is 8.85. The Kier molecular flexibility index (Phi) is 3.87. The van der Waals surface area contributed by atoms with E-state index in [0.29, 0.717) is 5.69 Å². The number of nitro groups is 1. The molecule has 1 rings (SSSR count). The van der Waals surface area contributed by atoms with Gasteiger partial charge in [-0.05, 0) is 6.92 Å². The van der Waals surface area contributed by atoms with Gasteiger partial charge in [0.05, 0.1) is 4.92 Å². The molecule has 0 amide bonds. The highest BCUT2D eigenvalue weighted by Crippen LogP contribution is 2.11. The van der Waals surface area contributed by atoms with Crippen LogP contribution in [0.25, 0.3) is 0 Å². The zero-order valence-corrected chi connectivity index (χ0v) is 6.79. The third kappa shape index (κ3) is 2.37. The quantitative estimate of drug-likeness (QED) is 0.497. The van der Waals surface area contributed by atoms with Crippen LogP contribution >= 0.6 is 0 Å². The second kappa shape index (κ2) is 4.43. The van der Waals surface area contributed by atoms with Crippen LogP contribution in [0.5, 0.6) is 0 Å². The molecular weight excluding hydrogens is 146 g/mol. The van der Waals surface area contributed by atoms with Crippen LogP contribution in [0.1, 0.15) is 19.5 Å². The predicted octanol–water partition coefficient (Wildman–Crippen LogP) is 1.65. The van der Waals surface area contributed by atoms with Crippen LogP contribution in [-0.4, -0.2) is 15.1 Å². The van der Waals surface area contributed by atoms with Gasteiger partial charge in [0, 0.05) is 0 Å². The first-order valence-electron chi connectivity index (χ1n) is 3.36. The summed E-state index contributed by atoms with van der Waals surface area (Å²) in [6.07, 6.45) is 1.19. The Morgan fingerprint density at radius 3 is 2.36 bits per heavy atom. The summed E-state index contributed by atoms with van der Waals surface area (Å²) in [5.74, 6) is 0. The molecule has 1 aromatic heterocycles. The molecule has 5 nitrogen and oxygen atoms in total. The minimum atomic E-state index is -0.473. The van der Waals surface area contributed by atoms with Gasteiger partial charge in [-0.15, -0.1) is 0 Å². The van der Waals surface area contributed by atoms with Crippen molar-refractivity contribution in [1.29, 1.82) is 0 Å². The summed E-state index contributed by atoms with van der Waals surface area (Å²) in [4.78, 5) is 9.56. The van der Waals surface area contributed by atoms with Crippen molar-refractivity contribution in [3.63, 3.8) is 0 Å². The van der Waals surface area contributed by atoms with E-state index in [9.17, 15) is 10.1 Å². The number of H-pyrrole nitrogens is 1. The lowest BCUT2D eigenvalue weighted by atomic mass is 10.4. The molecule has 1 N–H and O–H groups in total. The average molecular weight is 157 g/mol. The summed E-state index contributed by atoms with van der Waals surface area (Å²) in [6, 6.07) is 0. The molecule has 0 atom stereocenters. The molecule has 0 aliphatic heterocycles. The molecule has 1 aromatic rings. The second-order valence-electron chi connectivity index (χ2n) is 1.64. The number of aryl methyl sites for hydroxylation is 1. The third-order valence-electron chi connectivity index (χ3n) is 1.000. The highest BCUT2D eigenvalue weighted by atomic mass is 16.6. The minimum absolute atomic E-state index is 0.0370. The molecule has 0 saturated heterocycles. The molecule has 0 bridgehead atoms. The molecule has 11 heavy (non-hydrogen) atoms. The lowest BCUT2D eigenvalue weighted by molar-refractivity contribution is -0.385. The van der Waals surface area contributed by atoms with Crippen LogP contribution in [0.3, 0.4) is 0 Å². The molecule has 0 aliphatic rings. The Balaban J connectivity index is 0.000000461. The van der Waals surface area contributed by atoms with Crippen LogP contribution in [0.15, 0.2) is 6.20 Å². The van der Waals surface area contributed by atoms with Gasteiger partial charge in [-0.1, -0.05) is 13.8 Å². The molecule has 0 aromatic carbocycles. The molecule has 0 aliphatic carbocycles. The Morgan fingerprint density at radius 1 is 1.64 bits per heavy atom. The molecule has 1 heterocycles. The van der Waals surface area contributed by atoms with Gasteiger partial charge >= 0.3 is 5.69 Å². The van der Waals surface area contributed by atoms with E-state index in [1.54, 1.807) is 6.92 Å². The summed E-state index contributed by atoms with van der Waals surface area (Å²) >= 11 is 0. The summed E-state index contributed by atoms with van der Waals surface area (Å²) in [7, 11) is 0. The summed E-state index contributed by atoms with van der Waals surface area (Å²) in [5, 5.41) is 16.0. The predicted molar refractivity (Wildman–Crippen MR) is 41.3 cm³/mol. The Morgan fingerprint density at radius 2 is 2.18 bits per heavy atom. The fourth-order valence-corrected chi connectivity index (χ4v) is 0.528. The average Bonchev–Trinajstić information content (AvgIpc) is 2.39. The number of hydrogen-bond acceptors (Lipinski definition) is 3. The van der Waals surface area contributed by atoms with E-state index in [1.807, 2.05) is 13.8 Å². The van der Waals surface area contributed by atoms with Gasteiger partial charge in [0.1, 0.15) is 11.9 Å². The van der Waals surface area contributed by atoms with E-state index >= 15 is 0 Å². The van der Waals surface area contributed by atoms with Crippen molar-refractivity contribution in [3.05, 3.63) is 22.0 Å². The fourth-order valence-electron chi connectivity index (χ4n) is 0.528. The molecule has 62 valence electrons. The standard InChI is InChI=1S/C4H5N3O2.C2H6/c1-3-4(7(8)9)2-5-6-3;1-2/h2H,1H3,(H,5,6);1-2H3. The van der Waals surface area contributed by atoms with Crippen molar-refractivity contribution in [3.8, 4) is 0 Å². The summed E-state index contributed by atoms with van der Waals surface area (Å²) in [5.41, 5.74) is 0.523. The first kappa shape index (κ1) is 9.61. The molecule has 0 spiro atoms. The maximum absolute atomic E-state index is 10.0. The maximum Gasteiger partial charge on any atom is 0.309 e. The monoisotopic (exact) mass is 157 g/mol. The van der Waals surface area contributed by atoms with Crippen LogP contribution in [0, 0.1) is 17.0 Å². The second-order valence-corrected chi connectivity index (χ2v) is 1.64. The normalized spacial score (nSPS) is 8.27. The van der Waals surface area contributed by atoms with Crippen LogP contribution in [-0.2, 0) is 0 Å². The molecule has 0 saturated carbocycles. The van der Waals surface area contributed by atoms with Gasteiger partial charge < -0.3 is 0 Å². The van der Waals surface area contributed by atoms with Crippen molar-refractivity contribution in [2.45, 2.75) is 20.8 Å². The van der Waals surface area contributed by atoms with Crippen LogP contribution in [0.4, 0.5) is 5.69 Å². The fraction of sp³-hybridized carbons (Fsp3) is 0.500. The van der Waals surface area contributed by atoms with E-state index in [2.05, 4.69) is 10.2 Å². The first-order valence-corrected chi connectivity index (χ1v) is 3.36. The number of hydrogen-bond donors (Lipinski definition) is 1. The zero-order valence-electron chi connectivity index (χ0n) is 6.79. The van der Waals surface area contributed by atoms with E-state index in [0.717, 1.165) is 0 Å². The van der Waals surface area contributed by atoms with Gasteiger partial charge in [-0.25, -0.2) is 0 Å². The molecular formula is C6H11N3O2. The summed E-state index contributed by atoms with van der Waals surface area (Å²) < 4.78 is 0. The summed E-state index contributed by atoms with van der Waals surface area (Å²) in [6.45, 7) is 5.60. The number of aromatic amines is 1. The highest BCUT2D eigenvalue weighted by molar-refractivity contribution is 5.29. The Bertz CT molecular complexity index is 231. The molecule has 0 radical (unpaired) electrons. The number of aromatic nitrogens is 2. The SMILES string of the molecule is CC.Cc1[nH]ncc1[N+](=O)[O-]. The Labute approximate surface area is 64.6 Å². The largest absolute Gasteiger partial charge is 0.309 e. The van der Waals surface area contributed by atoms with Gasteiger partial charge in [0.15, 0.2) is 0 Å². The van der Waals surface area contributed by atoms with Gasteiger partial charge in [-0.2, -0.15) is 5.10 Å². The van der Waals surface area contributed by atoms with E-state index < -0.39 is 4.92 Å². The third-order valence-corrected chi connectivity index (χ3v) is 1.000. The van der Waals surface area contributed by atoms with E-state index in [1.165, 1.54) is 6.20 Å². The van der Waals surface area contributed by atoms with Crippen molar-refractivity contribution >= 4 is 5.69 Å². The Hall–Kier alpha value is -1.39. The van der Waals surface area contributed by atoms with Crippen molar-refractivity contribution < 1.29 is 4.92 Å².